The number of esters is 1. The summed E-state index contributed by atoms with van der Waals surface area (Å²) in [6.45, 7) is 5.97. The highest BCUT2D eigenvalue weighted by Crippen LogP contribution is 2.69. The smallest absolute Gasteiger partial charge is 0.334 e. The van der Waals surface area contributed by atoms with Crippen molar-refractivity contribution >= 4 is 19.3 Å². The maximum atomic E-state index is 12.8. The summed E-state index contributed by atoms with van der Waals surface area (Å²) in [5.74, 6) is -1.47. The van der Waals surface area contributed by atoms with Gasteiger partial charge in [0.25, 0.3) is 0 Å². The number of Topliss-reactive ketones (excluding diaryl/α,β-unsaturated/α-hetero) is 1. The third kappa shape index (κ3) is 2.57. The van der Waals surface area contributed by atoms with Gasteiger partial charge >= 0.3 is 13.6 Å². The van der Waals surface area contributed by atoms with Gasteiger partial charge in [-0.3, -0.25) is 14.2 Å². The largest absolute Gasteiger partial charge is 0.466 e. The van der Waals surface area contributed by atoms with Gasteiger partial charge in [-0.05, 0) is 26.7 Å². The molecule has 0 amide bonds. The summed E-state index contributed by atoms with van der Waals surface area (Å²) in [7, 11) is -3.34. The van der Waals surface area contributed by atoms with Crippen LogP contribution in [0.5, 0.6) is 0 Å². The average Bonchev–Trinajstić information content (AvgIpc) is 3.02. The molecule has 0 radical (unpaired) electrons. The fourth-order valence-electron chi connectivity index (χ4n) is 3.16. The maximum Gasteiger partial charge on any atom is 0.334 e. The number of ketones is 1. The van der Waals surface area contributed by atoms with Gasteiger partial charge in [0.1, 0.15) is 5.78 Å². The monoisotopic (exact) mass is 304 g/mol. The number of carbonyl (C=O) groups is 2. The molecule has 2 saturated carbocycles. The maximum absolute atomic E-state index is 12.8. The Hall–Kier alpha value is -0.710. The zero-order chi connectivity index (χ0) is 14.9. The van der Waals surface area contributed by atoms with Crippen molar-refractivity contribution in [1.82, 2.24) is 0 Å². The Kier molecular flexibility index (Phi) is 4.67. The number of carbonyl (C=O) groups excluding carboxylic acids is 2. The second-order valence-electron chi connectivity index (χ2n) is 4.99. The molecule has 0 aromatic rings. The highest BCUT2D eigenvalue weighted by Gasteiger charge is 2.71. The van der Waals surface area contributed by atoms with E-state index in [0.717, 1.165) is 0 Å². The number of fused-ring (bicyclic) bond motifs is 1. The van der Waals surface area contributed by atoms with E-state index in [4.69, 9.17) is 13.8 Å². The van der Waals surface area contributed by atoms with Crippen molar-refractivity contribution < 1.29 is 27.9 Å². The van der Waals surface area contributed by atoms with E-state index >= 15 is 0 Å². The van der Waals surface area contributed by atoms with Gasteiger partial charge in [0.15, 0.2) is 0 Å². The fraction of sp³-hybridized carbons (Fsp3) is 0.846. The first-order valence-electron chi connectivity index (χ1n) is 7.08. The van der Waals surface area contributed by atoms with Gasteiger partial charge in [0, 0.05) is 12.3 Å². The molecule has 4 atom stereocenters. The van der Waals surface area contributed by atoms with Gasteiger partial charge in [-0.25, -0.2) is 0 Å². The number of hydrogen-bond donors (Lipinski definition) is 0. The van der Waals surface area contributed by atoms with E-state index in [2.05, 4.69) is 0 Å². The third-order valence-electron chi connectivity index (χ3n) is 3.88. The molecule has 0 aromatic carbocycles. The van der Waals surface area contributed by atoms with Crippen LogP contribution in [-0.4, -0.2) is 37.2 Å². The Balaban J connectivity index is 2.15. The molecule has 2 aliphatic rings. The van der Waals surface area contributed by atoms with Crippen LogP contribution in [0, 0.1) is 17.8 Å². The quantitative estimate of drug-likeness (QED) is 0.529. The predicted molar refractivity (Wildman–Crippen MR) is 71.4 cm³/mol. The molecule has 20 heavy (non-hydrogen) atoms. The molecule has 0 aromatic heterocycles. The number of hydrogen-bond acceptors (Lipinski definition) is 6. The molecule has 0 aliphatic heterocycles. The summed E-state index contributed by atoms with van der Waals surface area (Å²) < 4.78 is 28.4. The highest BCUT2D eigenvalue weighted by molar-refractivity contribution is 7.54. The van der Waals surface area contributed by atoms with E-state index < -0.39 is 19.2 Å². The number of rotatable bonds is 7. The molecule has 2 rings (SSSR count). The Bertz CT molecular complexity index is 438. The van der Waals surface area contributed by atoms with E-state index in [9.17, 15) is 14.2 Å². The number of ether oxygens (including phenoxy) is 1. The lowest BCUT2D eigenvalue weighted by atomic mass is 10.1. The van der Waals surface area contributed by atoms with Crippen molar-refractivity contribution in [3.63, 3.8) is 0 Å². The zero-order valence-electron chi connectivity index (χ0n) is 12.0. The van der Waals surface area contributed by atoms with E-state index in [1.165, 1.54) is 0 Å². The molecular formula is C13H21O6P. The first-order valence-corrected chi connectivity index (χ1v) is 8.69. The Labute approximate surface area is 118 Å². The third-order valence-corrected chi connectivity index (χ3v) is 6.46. The molecule has 0 spiro atoms. The molecule has 0 heterocycles. The van der Waals surface area contributed by atoms with Crippen LogP contribution in [0.3, 0.4) is 0 Å². The van der Waals surface area contributed by atoms with Gasteiger partial charge in [-0.2, -0.15) is 0 Å². The van der Waals surface area contributed by atoms with Gasteiger partial charge in [0.2, 0.25) is 0 Å². The summed E-state index contributed by atoms with van der Waals surface area (Å²) in [4.78, 5) is 23.8. The van der Waals surface area contributed by atoms with Crippen molar-refractivity contribution in [3.05, 3.63) is 0 Å². The minimum absolute atomic E-state index is 0.0299. The SMILES string of the molecule is CCOC(=O)C1C2C(=O)CC(P(=O)(OCC)OCC)C21. The van der Waals surface area contributed by atoms with Crippen LogP contribution in [0.2, 0.25) is 0 Å². The van der Waals surface area contributed by atoms with Crippen LogP contribution in [0.1, 0.15) is 27.2 Å². The normalized spacial score (nSPS) is 32.0. The van der Waals surface area contributed by atoms with E-state index in [-0.39, 0.29) is 49.8 Å². The minimum Gasteiger partial charge on any atom is -0.466 e. The highest BCUT2D eigenvalue weighted by atomic mass is 31.2. The van der Waals surface area contributed by atoms with Crippen LogP contribution in [0.4, 0.5) is 0 Å². The van der Waals surface area contributed by atoms with Crippen LogP contribution in [0.15, 0.2) is 0 Å². The van der Waals surface area contributed by atoms with Gasteiger partial charge < -0.3 is 13.8 Å². The van der Waals surface area contributed by atoms with E-state index in [0.29, 0.717) is 0 Å². The summed E-state index contributed by atoms with van der Waals surface area (Å²) in [6.07, 6.45) is 0.169. The predicted octanol–water partition coefficient (Wildman–Crippen LogP) is 2.02. The molecule has 4 unspecified atom stereocenters. The minimum atomic E-state index is -3.34. The Morgan fingerprint density at radius 3 is 2.30 bits per heavy atom. The van der Waals surface area contributed by atoms with Crippen molar-refractivity contribution in [2.45, 2.75) is 32.9 Å². The standard InChI is InChI=1S/C13H21O6P/c1-4-17-13(15)12-10-8(14)7-9(11(10)12)20(16,18-5-2)19-6-3/h9-12H,4-7H2,1-3H3. The molecule has 0 bridgehead atoms. The van der Waals surface area contributed by atoms with Gasteiger partial charge in [-0.15, -0.1) is 0 Å². The van der Waals surface area contributed by atoms with Gasteiger partial charge in [-0.1, -0.05) is 0 Å². The summed E-state index contributed by atoms with van der Waals surface area (Å²) in [5, 5.41) is 0. The molecule has 2 aliphatic carbocycles. The Morgan fingerprint density at radius 1 is 1.20 bits per heavy atom. The lowest BCUT2D eigenvalue weighted by molar-refractivity contribution is -0.146. The zero-order valence-corrected chi connectivity index (χ0v) is 12.9. The second-order valence-corrected chi connectivity index (χ2v) is 7.25. The first kappa shape index (κ1) is 15.7. The molecule has 0 N–H and O–H groups in total. The van der Waals surface area contributed by atoms with Crippen molar-refractivity contribution in [3.8, 4) is 0 Å². The summed E-state index contributed by atoms with van der Waals surface area (Å²) >= 11 is 0. The fourth-order valence-corrected chi connectivity index (χ4v) is 5.53. The van der Waals surface area contributed by atoms with Crippen LogP contribution < -0.4 is 0 Å². The summed E-state index contributed by atoms with van der Waals surface area (Å²) in [5.41, 5.74) is -0.505. The molecule has 2 fully saturated rings. The molecular weight excluding hydrogens is 283 g/mol. The van der Waals surface area contributed by atoms with E-state index in [1.807, 2.05) is 0 Å². The van der Waals surface area contributed by atoms with Crippen molar-refractivity contribution in [2.24, 2.45) is 17.8 Å². The van der Waals surface area contributed by atoms with Crippen LogP contribution in [0.25, 0.3) is 0 Å². The van der Waals surface area contributed by atoms with Crippen molar-refractivity contribution in [2.75, 3.05) is 19.8 Å². The first-order chi connectivity index (χ1) is 9.50. The summed E-state index contributed by atoms with van der Waals surface area (Å²) in [6, 6.07) is 0. The Morgan fingerprint density at radius 2 is 1.80 bits per heavy atom. The lowest BCUT2D eigenvalue weighted by Gasteiger charge is -2.24. The second kappa shape index (κ2) is 5.96. The van der Waals surface area contributed by atoms with Crippen molar-refractivity contribution in [1.29, 1.82) is 0 Å². The topological polar surface area (TPSA) is 78.9 Å². The van der Waals surface area contributed by atoms with Crippen LogP contribution in [-0.2, 0) is 27.9 Å². The van der Waals surface area contributed by atoms with Gasteiger partial charge in [0.05, 0.1) is 31.4 Å². The van der Waals surface area contributed by atoms with E-state index in [1.54, 1.807) is 20.8 Å². The molecule has 114 valence electrons. The molecule has 7 heteroatoms. The molecule has 6 nitrogen and oxygen atoms in total. The van der Waals surface area contributed by atoms with Crippen LogP contribution >= 0.6 is 7.60 Å². The molecule has 0 saturated heterocycles. The average molecular weight is 304 g/mol. The lowest BCUT2D eigenvalue weighted by Crippen LogP contribution is -2.21.